The van der Waals surface area contributed by atoms with Crippen LogP contribution in [0.1, 0.15) is 31.3 Å². The van der Waals surface area contributed by atoms with Crippen LogP contribution in [0.3, 0.4) is 0 Å². The SMILES string of the molecule is CC(C)S(=O)(=O)C(C)C(=O)Nc1ccc(NC(=O)c2ccco2)cc1. The lowest BCUT2D eigenvalue weighted by Crippen LogP contribution is -2.36. The van der Waals surface area contributed by atoms with Crippen molar-refractivity contribution >= 4 is 33.0 Å². The van der Waals surface area contributed by atoms with Crippen molar-refractivity contribution in [3.8, 4) is 0 Å². The van der Waals surface area contributed by atoms with Gasteiger partial charge in [0.15, 0.2) is 15.6 Å². The Bertz CT molecular complexity index is 840. The molecule has 7 nitrogen and oxygen atoms in total. The zero-order chi connectivity index (χ0) is 18.6. The molecule has 0 saturated carbocycles. The fourth-order valence-corrected chi connectivity index (χ4v) is 3.21. The van der Waals surface area contributed by atoms with Crippen LogP contribution in [0, 0.1) is 0 Å². The minimum absolute atomic E-state index is 0.185. The van der Waals surface area contributed by atoms with Crippen LogP contribution in [0.25, 0.3) is 0 Å². The highest BCUT2D eigenvalue weighted by atomic mass is 32.2. The molecule has 25 heavy (non-hydrogen) atoms. The number of hydrogen-bond donors (Lipinski definition) is 2. The van der Waals surface area contributed by atoms with E-state index in [-0.39, 0.29) is 5.76 Å². The van der Waals surface area contributed by atoms with Gasteiger partial charge in [0, 0.05) is 11.4 Å². The molecule has 1 aromatic carbocycles. The third-order valence-corrected chi connectivity index (χ3v) is 6.19. The molecule has 1 aromatic heterocycles. The summed E-state index contributed by atoms with van der Waals surface area (Å²) < 4.78 is 29.1. The van der Waals surface area contributed by atoms with E-state index in [1.54, 1.807) is 36.4 Å². The fraction of sp³-hybridized carbons (Fsp3) is 0.294. The van der Waals surface area contributed by atoms with E-state index in [9.17, 15) is 18.0 Å². The van der Waals surface area contributed by atoms with Crippen LogP contribution in [0.2, 0.25) is 0 Å². The number of furan rings is 1. The van der Waals surface area contributed by atoms with Gasteiger partial charge in [0.2, 0.25) is 5.91 Å². The van der Waals surface area contributed by atoms with E-state index >= 15 is 0 Å². The van der Waals surface area contributed by atoms with E-state index in [1.165, 1.54) is 27.0 Å². The Morgan fingerprint density at radius 3 is 2.00 bits per heavy atom. The normalized spacial score (nSPS) is 12.6. The smallest absolute Gasteiger partial charge is 0.291 e. The van der Waals surface area contributed by atoms with Crippen molar-refractivity contribution < 1.29 is 22.4 Å². The monoisotopic (exact) mass is 364 g/mol. The maximum atomic E-state index is 12.1. The highest BCUT2D eigenvalue weighted by Crippen LogP contribution is 2.17. The number of carbonyl (C=O) groups is 2. The standard InChI is InChI=1S/C17H20N2O5S/c1-11(2)25(22,23)12(3)16(20)18-13-6-8-14(9-7-13)19-17(21)15-5-4-10-24-15/h4-12H,1-3H3,(H,18,20)(H,19,21). The largest absolute Gasteiger partial charge is 0.459 e. The van der Waals surface area contributed by atoms with Crippen LogP contribution < -0.4 is 10.6 Å². The summed E-state index contributed by atoms with van der Waals surface area (Å²) >= 11 is 0. The third kappa shape index (κ3) is 4.48. The Labute approximate surface area is 146 Å². The summed E-state index contributed by atoms with van der Waals surface area (Å²) in [6, 6.07) is 9.49. The van der Waals surface area contributed by atoms with Crippen molar-refractivity contribution in [3.63, 3.8) is 0 Å². The lowest BCUT2D eigenvalue weighted by molar-refractivity contribution is -0.115. The highest BCUT2D eigenvalue weighted by molar-refractivity contribution is 7.93. The molecule has 8 heteroatoms. The average molecular weight is 364 g/mol. The zero-order valence-corrected chi connectivity index (χ0v) is 15.0. The van der Waals surface area contributed by atoms with Gasteiger partial charge in [0.1, 0.15) is 5.25 Å². The van der Waals surface area contributed by atoms with Crippen molar-refractivity contribution in [2.75, 3.05) is 10.6 Å². The molecule has 0 bridgehead atoms. The first kappa shape index (κ1) is 18.7. The first-order chi connectivity index (χ1) is 11.7. The Morgan fingerprint density at radius 1 is 0.960 bits per heavy atom. The lowest BCUT2D eigenvalue weighted by atomic mass is 10.2. The van der Waals surface area contributed by atoms with Crippen LogP contribution >= 0.6 is 0 Å². The predicted octanol–water partition coefficient (Wildman–Crippen LogP) is 2.68. The van der Waals surface area contributed by atoms with Crippen molar-refractivity contribution in [1.82, 2.24) is 0 Å². The second-order valence-electron chi connectivity index (χ2n) is 5.78. The van der Waals surface area contributed by atoms with Gasteiger partial charge >= 0.3 is 0 Å². The Hall–Kier alpha value is -2.61. The molecule has 1 heterocycles. The van der Waals surface area contributed by atoms with Gasteiger partial charge in [-0.25, -0.2) is 8.42 Å². The van der Waals surface area contributed by atoms with Crippen molar-refractivity contribution in [2.24, 2.45) is 0 Å². The summed E-state index contributed by atoms with van der Waals surface area (Å²) in [4.78, 5) is 24.0. The summed E-state index contributed by atoms with van der Waals surface area (Å²) in [6.45, 7) is 4.44. The van der Waals surface area contributed by atoms with Gasteiger partial charge in [0.05, 0.1) is 11.5 Å². The maximum Gasteiger partial charge on any atom is 0.291 e. The highest BCUT2D eigenvalue weighted by Gasteiger charge is 2.30. The summed E-state index contributed by atoms with van der Waals surface area (Å²) in [5.74, 6) is -0.801. The summed E-state index contributed by atoms with van der Waals surface area (Å²) in [5.41, 5.74) is 0.953. The second kappa shape index (κ2) is 7.52. The number of carbonyl (C=O) groups excluding carboxylic acids is 2. The van der Waals surface area contributed by atoms with E-state index < -0.39 is 32.2 Å². The van der Waals surface area contributed by atoms with Gasteiger partial charge in [-0.1, -0.05) is 0 Å². The average Bonchev–Trinajstić information content (AvgIpc) is 3.10. The van der Waals surface area contributed by atoms with Crippen molar-refractivity contribution in [1.29, 1.82) is 0 Å². The molecule has 0 aliphatic heterocycles. The molecule has 0 aliphatic carbocycles. The van der Waals surface area contributed by atoms with Gasteiger partial charge in [0.25, 0.3) is 5.91 Å². The van der Waals surface area contributed by atoms with Gasteiger partial charge in [-0.3, -0.25) is 9.59 Å². The van der Waals surface area contributed by atoms with E-state index in [4.69, 9.17) is 4.42 Å². The van der Waals surface area contributed by atoms with Gasteiger partial charge in [-0.15, -0.1) is 0 Å². The van der Waals surface area contributed by atoms with Crippen LogP contribution in [-0.4, -0.2) is 30.7 Å². The van der Waals surface area contributed by atoms with E-state index in [0.717, 1.165) is 0 Å². The van der Waals surface area contributed by atoms with E-state index in [0.29, 0.717) is 11.4 Å². The van der Waals surface area contributed by atoms with Gasteiger partial charge < -0.3 is 15.1 Å². The molecule has 0 saturated heterocycles. The number of anilines is 2. The van der Waals surface area contributed by atoms with Crippen molar-refractivity contribution in [3.05, 3.63) is 48.4 Å². The predicted molar refractivity (Wildman–Crippen MR) is 95.3 cm³/mol. The first-order valence-corrected chi connectivity index (χ1v) is 9.31. The second-order valence-corrected chi connectivity index (χ2v) is 8.61. The topological polar surface area (TPSA) is 105 Å². The Morgan fingerprint density at radius 2 is 1.52 bits per heavy atom. The molecule has 0 radical (unpaired) electrons. The zero-order valence-electron chi connectivity index (χ0n) is 14.1. The van der Waals surface area contributed by atoms with Crippen LogP contribution in [0.5, 0.6) is 0 Å². The maximum absolute atomic E-state index is 12.1. The van der Waals surface area contributed by atoms with E-state index in [2.05, 4.69) is 10.6 Å². The van der Waals surface area contributed by atoms with Crippen LogP contribution in [-0.2, 0) is 14.6 Å². The molecular formula is C17H20N2O5S. The summed E-state index contributed by atoms with van der Waals surface area (Å²) in [6.07, 6.45) is 1.40. The molecule has 0 spiro atoms. The number of sulfone groups is 1. The lowest BCUT2D eigenvalue weighted by Gasteiger charge is -2.15. The number of hydrogen-bond acceptors (Lipinski definition) is 5. The molecule has 2 amide bonds. The van der Waals surface area contributed by atoms with Gasteiger partial charge in [-0.2, -0.15) is 0 Å². The molecule has 2 N–H and O–H groups in total. The molecule has 2 rings (SSSR count). The first-order valence-electron chi connectivity index (χ1n) is 7.70. The number of benzene rings is 1. The molecule has 0 fully saturated rings. The number of rotatable bonds is 6. The minimum atomic E-state index is -3.52. The fourth-order valence-electron chi connectivity index (χ4n) is 2.04. The Balaban J connectivity index is 2.00. The summed E-state index contributed by atoms with van der Waals surface area (Å²) in [7, 11) is -3.52. The van der Waals surface area contributed by atoms with Crippen molar-refractivity contribution in [2.45, 2.75) is 31.3 Å². The summed E-state index contributed by atoms with van der Waals surface area (Å²) in [5, 5.41) is 3.43. The number of nitrogens with one attached hydrogen (secondary N) is 2. The number of amides is 2. The molecule has 1 unspecified atom stereocenters. The van der Waals surface area contributed by atoms with E-state index in [1.807, 2.05) is 0 Å². The Kier molecular flexibility index (Phi) is 5.63. The van der Waals surface area contributed by atoms with Crippen LogP contribution in [0.15, 0.2) is 47.1 Å². The minimum Gasteiger partial charge on any atom is -0.459 e. The molecular weight excluding hydrogens is 344 g/mol. The molecule has 0 aliphatic rings. The molecule has 1 atom stereocenters. The quantitative estimate of drug-likeness (QED) is 0.820. The molecule has 134 valence electrons. The third-order valence-electron chi connectivity index (χ3n) is 3.67. The van der Waals surface area contributed by atoms with Crippen LogP contribution in [0.4, 0.5) is 11.4 Å². The van der Waals surface area contributed by atoms with Gasteiger partial charge in [-0.05, 0) is 57.2 Å². The molecule has 2 aromatic rings.